The molecule has 0 aliphatic carbocycles. The number of rotatable bonds is 15. The van der Waals surface area contributed by atoms with E-state index in [0.717, 1.165) is 38.9 Å². The van der Waals surface area contributed by atoms with Crippen LogP contribution in [0, 0.1) is 0 Å². The molecule has 258 valence electrons. The van der Waals surface area contributed by atoms with Gasteiger partial charge < -0.3 is 24.1 Å². The monoisotopic (exact) mass is 688 g/mol. The van der Waals surface area contributed by atoms with Crippen molar-refractivity contribution in [1.29, 1.82) is 0 Å². The van der Waals surface area contributed by atoms with Gasteiger partial charge >= 0.3 is 0 Å². The Kier molecular flexibility index (Phi) is 12.7. The van der Waals surface area contributed by atoms with Gasteiger partial charge in [-0.05, 0) is 63.9 Å². The highest BCUT2D eigenvalue weighted by molar-refractivity contribution is 6.31. The van der Waals surface area contributed by atoms with Gasteiger partial charge in [-0.1, -0.05) is 146 Å². The maximum Gasteiger partial charge on any atom is 0.114 e. The Bertz CT molecular complexity index is 1780. The Labute approximate surface area is 301 Å². The molecule has 1 aliphatic rings. The quantitative estimate of drug-likeness (QED) is 0.119. The van der Waals surface area contributed by atoms with E-state index in [1.165, 1.54) is 0 Å². The SMILES string of the molecule is C=Cc1ccc(Cc2cc(C3OC(C(C)OCc4ccccc4)CC(OCc4ccccc4)[C@H]3OCc3ccccc3)c(CO)cc2Cl)cc1. The van der Waals surface area contributed by atoms with Crippen LogP contribution in [0.5, 0.6) is 0 Å². The Morgan fingerprint density at radius 3 is 1.92 bits per heavy atom. The summed E-state index contributed by atoms with van der Waals surface area (Å²) in [6.45, 7) is 7.00. The fourth-order valence-electron chi connectivity index (χ4n) is 6.45. The molecule has 0 aromatic heterocycles. The maximum absolute atomic E-state index is 10.7. The van der Waals surface area contributed by atoms with E-state index >= 15 is 0 Å². The maximum atomic E-state index is 10.7. The minimum absolute atomic E-state index is 0.200. The van der Waals surface area contributed by atoms with Crippen LogP contribution in [-0.2, 0) is 51.8 Å². The van der Waals surface area contributed by atoms with Gasteiger partial charge in [0.05, 0.1) is 44.7 Å². The van der Waals surface area contributed by atoms with Crippen molar-refractivity contribution < 1.29 is 24.1 Å². The van der Waals surface area contributed by atoms with Gasteiger partial charge in [0.25, 0.3) is 0 Å². The van der Waals surface area contributed by atoms with Crippen LogP contribution in [-0.4, -0.2) is 29.5 Å². The molecule has 50 heavy (non-hydrogen) atoms. The van der Waals surface area contributed by atoms with E-state index in [4.69, 9.17) is 30.5 Å². The molecule has 1 saturated heterocycles. The second-order valence-electron chi connectivity index (χ2n) is 12.9. The van der Waals surface area contributed by atoms with Gasteiger partial charge in [-0.15, -0.1) is 0 Å². The standard InChI is InChI=1S/C44H45ClO5/c1-3-32-19-21-33(22-20-32)23-37-24-39(38(27-46)25-40(37)45)43-44(49-30-36-17-11-6-12-18-36)42(48-29-35-15-9-5-10-16-35)26-41(50-43)31(2)47-28-34-13-7-4-8-14-34/h3-22,24-25,31,41-44,46H,1,23,26-30H2,2H3/t31?,41?,42?,43?,44-/m1/s1. The highest BCUT2D eigenvalue weighted by atomic mass is 35.5. The zero-order valence-electron chi connectivity index (χ0n) is 28.5. The van der Waals surface area contributed by atoms with Gasteiger partial charge in [-0.25, -0.2) is 0 Å². The van der Waals surface area contributed by atoms with E-state index in [-0.39, 0.29) is 24.9 Å². The zero-order chi connectivity index (χ0) is 34.7. The lowest BCUT2D eigenvalue weighted by atomic mass is 9.87. The van der Waals surface area contributed by atoms with Gasteiger partial charge in [-0.2, -0.15) is 0 Å². The van der Waals surface area contributed by atoms with Gasteiger partial charge in [0.2, 0.25) is 0 Å². The summed E-state index contributed by atoms with van der Waals surface area (Å²) in [5.41, 5.74) is 7.87. The van der Waals surface area contributed by atoms with Crippen LogP contribution in [0.25, 0.3) is 6.08 Å². The van der Waals surface area contributed by atoms with Crippen LogP contribution in [0.3, 0.4) is 0 Å². The van der Waals surface area contributed by atoms with Crippen LogP contribution in [0.15, 0.2) is 134 Å². The predicted molar refractivity (Wildman–Crippen MR) is 200 cm³/mol. The van der Waals surface area contributed by atoms with E-state index < -0.39 is 12.2 Å². The fraction of sp³-hybridized carbons (Fsp3) is 0.273. The number of aliphatic hydroxyl groups is 1. The Morgan fingerprint density at radius 1 is 0.760 bits per heavy atom. The summed E-state index contributed by atoms with van der Waals surface area (Å²) >= 11 is 6.89. The average molecular weight is 689 g/mol. The van der Waals surface area contributed by atoms with Crippen LogP contribution in [0.1, 0.15) is 64.0 Å². The summed E-state index contributed by atoms with van der Waals surface area (Å²) < 4.78 is 27.0. The molecule has 1 aliphatic heterocycles. The van der Waals surface area contributed by atoms with E-state index in [2.05, 4.69) is 68.1 Å². The topological polar surface area (TPSA) is 57.2 Å². The van der Waals surface area contributed by atoms with Crippen molar-refractivity contribution in [1.82, 2.24) is 0 Å². The highest BCUT2D eigenvalue weighted by Gasteiger charge is 2.44. The first-order valence-electron chi connectivity index (χ1n) is 17.3. The third kappa shape index (κ3) is 9.37. The van der Waals surface area contributed by atoms with Crippen LogP contribution >= 0.6 is 11.6 Å². The highest BCUT2D eigenvalue weighted by Crippen LogP contribution is 2.41. The Morgan fingerprint density at radius 2 is 1.34 bits per heavy atom. The van der Waals surface area contributed by atoms with E-state index in [0.29, 0.717) is 43.2 Å². The Balaban J connectivity index is 1.36. The zero-order valence-corrected chi connectivity index (χ0v) is 29.3. The normalized spacial score (nSPS) is 19.6. The van der Waals surface area contributed by atoms with Crippen LogP contribution in [0.4, 0.5) is 0 Å². The van der Waals surface area contributed by atoms with E-state index in [1.807, 2.05) is 78.9 Å². The molecular formula is C44H45ClO5. The van der Waals surface area contributed by atoms with Crippen molar-refractivity contribution >= 4 is 17.7 Å². The molecule has 5 atom stereocenters. The minimum Gasteiger partial charge on any atom is -0.392 e. The lowest BCUT2D eigenvalue weighted by molar-refractivity contribution is -0.231. The first-order valence-corrected chi connectivity index (χ1v) is 17.6. The van der Waals surface area contributed by atoms with Crippen molar-refractivity contribution in [3.8, 4) is 0 Å². The van der Waals surface area contributed by atoms with Gasteiger partial charge in [0, 0.05) is 11.4 Å². The summed E-state index contributed by atoms with van der Waals surface area (Å²) in [7, 11) is 0. The third-order valence-corrected chi connectivity index (χ3v) is 9.67. The molecule has 6 heteroatoms. The van der Waals surface area contributed by atoms with E-state index in [1.54, 1.807) is 0 Å². The minimum atomic E-state index is -0.567. The summed E-state index contributed by atoms with van der Waals surface area (Å²) in [6, 6.07) is 42.7. The van der Waals surface area contributed by atoms with Crippen molar-refractivity contribution in [2.45, 2.75) is 76.7 Å². The van der Waals surface area contributed by atoms with Crippen molar-refractivity contribution in [2.75, 3.05) is 0 Å². The average Bonchev–Trinajstić information content (AvgIpc) is 3.17. The number of hydrogen-bond donors (Lipinski definition) is 1. The van der Waals surface area contributed by atoms with Gasteiger partial charge in [-0.3, -0.25) is 0 Å². The van der Waals surface area contributed by atoms with Gasteiger partial charge in [0.1, 0.15) is 12.2 Å². The molecule has 4 unspecified atom stereocenters. The Hall–Kier alpha value is -4.07. The summed E-state index contributed by atoms with van der Waals surface area (Å²) in [4.78, 5) is 0. The molecule has 0 amide bonds. The predicted octanol–water partition coefficient (Wildman–Crippen LogP) is 9.67. The number of aliphatic hydroxyl groups excluding tert-OH is 1. The molecule has 0 bridgehead atoms. The second-order valence-corrected chi connectivity index (χ2v) is 13.3. The number of benzene rings is 5. The largest absolute Gasteiger partial charge is 0.392 e. The first-order chi connectivity index (χ1) is 24.5. The van der Waals surface area contributed by atoms with Crippen molar-refractivity contribution in [3.63, 3.8) is 0 Å². The molecule has 5 aromatic carbocycles. The molecule has 0 radical (unpaired) electrons. The summed E-state index contributed by atoms with van der Waals surface area (Å²) in [6.07, 6.45) is 1.08. The molecular weight excluding hydrogens is 644 g/mol. The van der Waals surface area contributed by atoms with Crippen molar-refractivity contribution in [3.05, 3.63) is 184 Å². The van der Waals surface area contributed by atoms with Crippen molar-refractivity contribution in [2.24, 2.45) is 0 Å². The molecule has 5 nitrogen and oxygen atoms in total. The summed E-state index contributed by atoms with van der Waals surface area (Å²) in [5.74, 6) is 0. The van der Waals surface area contributed by atoms with E-state index in [9.17, 15) is 5.11 Å². The molecule has 1 fully saturated rings. The molecule has 6 rings (SSSR count). The molecule has 1 heterocycles. The molecule has 0 saturated carbocycles. The number of ether oxygens (including phenoxy) is 4. The smallest absolute Gasteiger partial charge is 0.114 e. The fourth-order valence-corrected chi connectivity index (χ4v) is 6.70. The summed E-state index contributed by atoms with van der Waals surface area (Å²) in [5, 5.41) is 11.3. The number of halogens is 1. The lowest BCUT2D eigenvalue weighted by Gasteiger charge is -2.44. The molecule has 0 spiro atoms. The van der Waals surface area contributed by atoms with Crippen LogP contribution in [0.2, 0.25) is 5.02 Å². The second kappa shape index (κ2) is 17.7. The lowest BCUT2D eigenvalue weighted by Crippen LogP contribution is -2.49. The molecule has 5 aromatic rings. The third-order valence-electron chi connectivity index (χ3n) is 9.32. The van der Waals surface area contributed by atoms with Crippen LogP contribution < -0.4 is 0 Å². The van der Waals surface area contributed by atoms with Gasteiger partial charge in [0.15, 0.2) is 0 Å². The molecule has 1 N–H and O–H groups in total. The first kappa shape index (κ1) is 35.7. The number of hydrogen-bond acceptors (Lipinski definition) is 5.